The fourth-order valence-electron chi connectivity index (χ4n) is 1.28. The summed E-state index contributed by atoms with van der Waals surface area (Å²) in [4.78, 5) is 33.6. The minimum Gasteiger partial charge on any atom is -0.468 e. The lowest BCUT2D eigenvalue weighted by Crippen LogP contribution is -2.44. The van der Waals surface area contributed by atoms with Gasteiger partial charge in [0.1, 0.15) is 5.60 Å². The summed E-state index contributed by atoms with van der Waals surface area (Å²) in [5, 5.41) is 2.63. The van der Waals surface area contributed by atoms with Crippen molar-refractivity contribution in [2.24, 2.45) is 5.73 Å². The van der Waals surface area contributed by atoms with Crippen LogP contribution in [0.3, 0.4) is 0 Å². The first kappa shape index (κ1) is 17.4. The highest BCUT2D eigenvalue weighted by atomic mass is 16.6. The van der Waals surface area contributed by atoms with Gasteiger partial charge in [0.25, 0.3) is 0 Å². The molecule has 0 radical (unpaired) electrons. The van der Waals surface area contributed by atoms with Gasteiger partial charge in [-0.3, -0.25) is 19.7 Å². The maximum atomic E-state index is 11.5. The highest BCUT2D eigenvalue weighted by Crippen LogP contribution is 2.10. The van der Waals surface area contributed by atoms with E-state index < -0.39 is 29.5 Å². The van der Waals surface area contributed by atoms with E-state index in [0.29, 0.717) is 0 Å². The number of nitrogens with two attached hydrogens (primary N) is 1. The Labute approximate surface area is 112 Å². The van der Waals surface area contributed by atoms with E-state index >= 15 is 0 Å². The van der Waals surface area contributed by atoms with Crippen molar-refractivity contribution < 1.29 is 23.9 Å². The second-order valence-corrected chi connectivity index (χ2v) is 5.04. The zero-order chi connectivity index (χ0) is 15.1. The molecule has 0 spiro atoms. The molecular weight excluding hydrogens is 252 g/mol. The molecule has 1 amide bonds. The Balaban J connectivity index is 4.18. The van der Waals surface area contributed by atoms with Crippen LogP contribution in [0.15, 0.2) is 0 Å². The highest BCUT2D eigenvalue weighted by molar-refractivity contribution is 5.81. The number of carbonyl (C=O) groups excluding carboxylic acids is 3. The number of amides is 1. The molecule has 7 nitrogen and oxygen atoms in total. The van der Waals surface area contributed by atoms with E-state index in [2.05, 4.69) is 10.1 Å². The van der Waals surface area contributed by atoms with Gasteiger partial charge in [0, 0.05) is 6.42 Å². The van der Waals surface area contributed by atoms with Gasteiger partial charge in [-0.2, -0.15) is 0 Å². The average Bonchev–Trinajstić information content (AvgIpc) is 2.25. The summed E-state index contributed by atoms with van der Waals surface area (Å²) in [6.45, 7) is 5.13. The van der Waals surface area contributed by atoms with Gasteiger partial charge in [0.05, 0.1) is 19.7 Å². The van der Waals surface area contributed by atoms with Crippen molar-refractivity contribution >= 4 is 17.8 Å². The van der Waals surface area contributed by atoms with Crippen LogP contribution in [0, 0.1) is 0 Å². The molecule has 1 atom stereocenters. The lowest BCUT2D eigenvalue weighted by molar-refractivity contribution is -0.155. The number of nitrogens with one attached hydrogen (secondary N) is 1. The maximum absolute atomic E-state index is 11.5. The number of hydrogen-bond donors (Lipinski definition) is 2. The minimum atomic E-state index is -0.772. The Morgan fingerprint density at radius 1 is 1.21 bits per heavy atom. The van der Waals surface area contributed by atoms with Crippen molar-refractivity contribution in [3.63, 3.8) is 0 Å². The van der Waals surface area contributed by atoms with E-state index in [1.807, 2.05) is 0 Å². The largest absolute Gasteiger partial charge is 0.468 e. The molecule has 0 aromatic carbocycles. The lowest BCUT2D eigenvalue weighted by Gasteiger charge is -2.20. The molecular formula is C12H22N2O5. The first-order chi connectivity index (χ1) is 8.65. The predicted octanol–water partition coefficient (Wildman–Crippen LogP) is -0.275. The zero-order valence-electron chi connectivity index (χ0n) is 11.8. The van der Waals surface area contributed by atoms with E-state index in [-0.39, 0.29) is 19.4 Å². The molecule has 0 rings (SSSR count). The van der Waals surface area contributed by atoms with Crippen LogP contribution in [-0.2, 0) is 23.9 Å². The fraction of sp³-hybridized carbons (Fsp3) is 0.750. The number of ether oxygens (including phenoxy) is 2. The summed E-state index contributed by atoms with van der Waals surface area (Å²) in [6.07, 6.45) is 0.209. The molecule has 0 saturated heterocycles. The van der Waals surface area contributed by atoms with Crippen molar-refractivity contribution in [3.05, 3.63) is 0 Å². The third-order valence-corrected chi connectivity index (χ3v) is 2.12. The van der Waals surface area contributed by atoms with E-state index in [0.717, 1.165) is 0 Å². The molecule has 0 aromatic heterocycles. The molecule has 19 heavy (non-hydrogen) atoms. The van der Waals surface area contributed by atoms with Gasteiger partial charge in [-0.15, -0.1) is 0 Å². The summed E-state index contributed by atoms with van der Waals surface area (Å²) in [7, 11) is 1.24. The number of carbonyl (C=O) groups is 3. The van der Waals surface area contributed by atoms with E-state index in [9.17, 15) is 14.4 Å². The molecule has 0 aromatic rings. The van der Waals surface area contributed by atoms with Crippen molar-refractivity contribution in [3.8, 4) is 0 Å². The molecule has 0 aliphatic rings. The Morgan fingerprint density at radius 3 is 2.21 bits per heavy atom. The van der Waals surface area contributed by atoms with Crippen molar-refractivity contribution in [1.82, 2.24) is 5.32 Å². The molecule has 0 aliphatic heterocycles. The molecule has 0 aliphatic carbocycles. The fourth-order valence-corrected chi connectivity index (χ4v) is 1.28. The number of rotatable bonds is 7. The van der Waals surface area contributed by atoms with Crippen LogP contribution in [0.4, 0.5) is 0 Å². The van der Waals surface area contributed by atoms with E-state index in [1.165, 1.54) is 7.11 Å². The van der Waals surface area contributed by atoms with Gasteiger partial charge in [0.15, 0.2) is 0 Å². The van der Waals surface area contributed by atoms with Crippen LogP contribution in [0.2, 0.25) is 0 Å². The number of esters is 2. The molecule has 0 heterocycles. The van der Waals surface area contributed by atoms with E-state index in [1.54, 1.807) is 20.8 Å². The molecule has 0 fully saturated rings. The predicted molar refractivity (Wildman–Crippen MR) is 68.1 cm³/mol. The number of primary amides is 1. The molecule has 0 saturated carbocycles. The van der Waals surface area contributed by atoms with E-state index in [4.69, 9.17) is 10.5 Å². The summed E-state index contributed by atoms with van der Waals surface area (Å²) in [5.74, 6) is -1.56. The summed E-state index contributed by atoms with van der Waals surface area (Å²) in [5.41, 5.74) is 4.60. The van der Waals surface area contributed by atoms with Crippen LogP contribution >= 0.6 is 0 Å². The summed E-state index contributed by atoms with van der Waals surface area (Å²) in [6, 6.07) is -0.772. The zero-order valence-corrected chi connectivity index (χ0v) is 11.8. The average molecular weight is 274 g/mol. The first-order valence-corrected chi connectivity index (χ1v) is 5.97. The quantitative estimate of drug-likeness (QED) is 0.618. The molecule has 0 bridgehead atoms. The number of hydrogen-bond acceptors (Lipinski definition) is 6. The van der Waals surface area contributed by atoms with Gasteiger partial charge in [-0.05, 0) is 27.2 Å². The topological polar surface area (TPSA) is 108 Å². The Hall–Kier alpha value is -1.63. The second-order valence-electron chi connectivity index (χ2n) is 5.04. The standard InChI is InChI=1S/C12H22N2O5/c1-12(2,3)19-9(15)6-5-8(11(13)17)14-7-10(16)18-4/h8,14H,5-7H2,1-4H3,(H2,13,17)/t8-/m0/s1. The highest BCUT2D eigenvalue weighted by Gasteiger charge is 2.21. The lowest BCUT2D eigenvalue weighted by atomic mass is 10.1. The first-order valence-electron chi connectivity index (χ1n) is 5.97. The Bertz CT molecular complexity index is 336. The third-order valence-electron chi connectivity index (χ3n) is 2.12. The summed E-state index contributed by atoms with van der Waals surface area (Å²) < 4.78 is 9.53. The van der Waals surface area contributed by atoms with Gasteiger partial charge < -0.3 is 15.2 Å². The van der Waals surface area contributed by atoms with Crippen LogP contribution in [0.1, 0.15) is 33.6 Å². The van der Waals surface area contributed by atoms with Crippen molar-refractivity contribution in [2.45, 2.75) is 45.3 Å². The van der Waals surface area contributed by atoms with Gasteiger partial charge in [0.2, 0.25) is 5.91 Å². The van der Waals surface area contributed by atoms with Crippen molar-refractivity contribution in [2.75, 3.05) is 13.7 Å². The molecule has 0 unspecified atom stereocenters. The van der Waals surface area contributed by atoms with Crippen molar-refractivity contribution in [1.29, 1.82) is 0 Å². The molecule has 7 heteroatoms. The van der Waals surface area contributed by atoms with Gasteiger partial charge in [-0.25, -0.2) is 0 Å². The van der Waals surface area contributed by atoms with Crippen LogP contribution in [0.25, 0.3) is 0 Å². The monoisotopic (exact) mass is 274 g/mol. The smallest absolute Gasteiger partial charge is 0.319 e. The van der Waals surface area contributed by atoms with Gasteiger partial charge >= 0.3 is 11.9 Å². The van der Waals surface area contributed by atoms with Crippen LogP contribution < -0.4 is 11.1 Å². The van der Waals surface area contributed by atoms with Crippen LogP contribution in [0.5, 0.6) is 0 Å². The maximum Gasteiger partial charge on any atom is 0.319 e. The Kier molecular flexibility index (Phi) is 7.06. The normalized spacial score (nSPS) is 12.6. The SMILES string of the molecule is COC(=O)CN[C@@H](CCC(=O)OC(C)(C)C)C(N)=O. The molecule has 3 N–H and O–H groups in total. The number of methoxy groups -OCH3 is 1. The minimum absolute atomic E-state index is 0.0407. The van der Waals surface area contributed by atoms with Gasteiger partial charge in [-0.1, -0.05) is 0 Å². The van der Waals surface area contributed by atoms with Crippen LogP contribution in [-0.4, -0.2) is 43.1 Å². The summed E-state index contributed by atoms with van der Waals surface area (Å²) >= 11 is 0. The third kappa shape index (κ3) is 9.01. The second kappa shape index (κ2) is 7.73. The Morgan fingerprint density at radius 2 is 1.79 bits per heavy atom. The molecule has 110 valence electrons.